The van der Waals surface area contributed by atoms with Crippen molar-refractivity contribution in [1.29, 1.82) is 0 Å². The average molecular weight is 456 g/mol. The van der Waals surface area contributed by atoms with Crippen molar-refractivity contribution in [2.24, 2.45) is 0 Å². The molecule has 4 rings (SSSR count). The van der Waals surface area contributed by atoms with E-state index in [0.29, 0.717) is 17.4 Å². The first-order valence-corrected chi connectivity index (χ1v) is 12.4. The number of rotatable bonds is 6. The van der Waals surface area contributed by atoms with Crippen molar-refractivity contribution >= 4 is 27.4 Å². The van der Waals surface area contributed by atoms with Crippen molar-refractivity contribution in [3.05, 3.63) is 71.1 Å². The van der Waals surface area contributed by atoms with Gasteiger partial charge in [-0.1, -0.05) is 74.7 Å². The van der Waals surface area contributed by atoms with Gasteiger partial charge in [-0.25, -0.2) is 18.4 Å². The molecule has 1 aliphatic carbocycles. The standard InChI is InChI=1S/C24H26ClN3O2S/c1-16(2)17-7-9-20(10-8-17)22-23(25)26-15-27-24(22)28-31(29,30)21-13-11-19(12-14-21)18-5-3-4-6-18/h7-16,18H,3-6H2,1-2H3,(H,26,27,28). The molecular formula is C24H26ClN3O2S. The Labute approximate surface area is 189 Å². The lowest BCUT2D eigenvalue weighted by Crippen LogP contribution is -2.15. The molecular weight excluding hydrogens is 430 g/mol. The summed E-state index contributed by atoms with van der Waals surface area (Å²) < 4.78 is 28.7. The smallest absolute Gasteiger partial charge is 0.263 e. The van der Waals surface area contributed by atoms with E-state index in [-0.39, 0.29) is 15.9 Å². The molecule has 1 aromatic heterocycles. The molecule has 7 heteroatoms. The number of nitrogens with one attached hydrogen (secondary N) is 1. The lowest BCUT2D eigenvalue weighted by Gasteiger charge is -2.14. The van der Waals surface area contributed by atoms with Crippen LogP contribution < -0.4 is 4.72 Å². The highest BCUT2D eigenvalue weighted by Gasteiger charge is 2.22. The summed E-state index contributed by atoms with van der Waals surface area (Å²) in [7, 11) is -3.82. The third kappa shape index (κ3) is 4.75. The number of hydrogen-bond donors (Lipinski definition) is 1. The quantitative estimate of drug-likeness (QED) is 0.438. The summed E-state index contributed by atoms with van der Waals surface area (Å²) >= 11 is 6.35. The third-order valence-electron chi connectivity index (χ3n) is 5.92. The molecule has 5 nitrogen and oxygen atoms in total. The molecule has 2 aromatic carbocycles. The van der Waals surface area contributed by atoms with E-state index in [0.717, 1.165) is 5.56 Å². The van der Waals surface area contributed by atoms with Gasteiger partial charge in [0.2, 0.25) is 0 Å². The number of anilines is 1. The van der Waals surface area contributed by atoms with Gasteiger partial charge in [-0.3, -0.25) is 4.72 Å². The molecule has 31 heavy (non-hydrogen) atoms. The zero-order chi connectivity index (χ0) is 22.0. The van der Waals surface area contributed by atoms with E-state index < -0.39 is 10.0 Å². The first-order chi connectivity index (χ1) is 14.8. The van der Waals surface area contributed by atoms with Crippen molar-refractivity contribution < 1.29 is 8.42 Å². The number of aromatic nitrogens is 2. The van der Waals surface area contributed by atoms with E-state index in [4.69, 9.17) is 11.6 Å². The Morgan fingerprint density at radius 3 is 2.23 bits per heavy atom. The molecule has 1 heterocycles. The highest BCUT2D eigenvalue weighted by atomic mass is 35.5. The SMILES string of the molecule is CC(C)c1ccc(-c2c(Cl)ncnc2NS(=O)(=O)c2ccc(C3CCCC3)cc2)cc1. The van der Waals surface area contributed by atoms with Gasteiger partial charge in [0.1, 0.15) is 11.5 Å². The van der Waals surface area contributed by atoms with Crippen molar-refractivity contribution in [1.82, 2.24) is 9.97 Å². The lowest BCUT2D eigenvalue weighted by atomic mass is 9.98. The summed E-state index contributed by atoms with van der Waals surface area (Å²) in [4.78, 5) is 8.43. The first-order valence-electron chi connectivity index (χ1n) is 10.6. The molecule has 0 amide bonds. The molecule has 1 aliphatic rings. The topological polar surface area (TPSA) is 72.0 Å². The maximum absolute atomic E-state index is 13.1. The van der Waals surface area contributed by atoms with Gasteiger partial charge in [-0.05, 0) is 53.5 Å². The average Bonchev–Trinajstić information content (AvgIpc) is 3.29. The van der Waals surface area contributed by atoms with E-state index >= 15 is 0 Å². The van der Waals surface area contributed by atoms with Gasteiger partial charge in [0.15, 0.2) is 5.82 Å². The van der Waals surface area contributed by atoms with Crippen LogP contribution in [0.2, 0.25) is 5.15 Å². The summed E-state index contributed by atoms with van der Waals surface area (Å²) in [5, 5.41) is 0.196. The maximum Gasteiger partial charge on any atom is 0.263 e. The molecule has 3 aromatic rings. The van der Waals surface area contributed by atoms with E-state index in [2.05, 4.69) is 28.5 Å². The second-order valence-electron chi connectivity index (χ2n) is 8.32. The van der Waals surface area contributed by atoms with Crippen molar-refractivity contribution in [2.45, 2.75) is 56.3 Å². The molecule has 0 bridgehead atoms. The molecule has 162 valence electrons. The minimum Gasteiger partial charge on any atom is -0.263 e. The third-order valence-corrected chi connectivity index (χ3v) is 7.56. The highest BCUT2D eigenvalue weighted by molar-refractivity contribution is 7.92. The molecule has 1 N–H and O–H groups in total. The largest absolute Gasteiger partial charge is 0.263 e. The van der Waals surface area contributed by atoms with Crippen LogP contribution >= 0.6 is 11.6 Å². The van der Waals surface area contributed by atoms with Gasteiger partial charge in [0.25, 0.3) is 10.0 Å². The van der Waals surface area contributed by atoms with Gasteiger partial charge in [-0.15, -0.1) is 0 Å². The highest BCUT2D eigenvalue weighted by Crippen LogP contribution is 2.36. The number of nitrogens with zero attached hydrogens (tertiary/aromatic N) is 2. The Morgan fingerprint density at radius 2 is 1.61 bits per heavy atom. The zero-order valence-electron chi connectivity index (χ0n) is 17.7. The Kier molecular flexibility index (Phi) is 6.30. The van der Waals surface area contributed by atoms with Crippen LogP contribution in [-0.4, -0.2) is 18.4 Å². The summed E-state index contributed by atoms with van der Waals surface area (Å²) in [5.74, 6) is 1.09. The Hall–Kier alpha value is -2.44. The van der Waals surface area contributed by atoms with Crippen LogP contribution in [0.25, 0.3) is 11.1 Å². The number of sulfonamides is 1. The lowest BCUT2D eigenvalue weighted by molar-refractivity contribution is 0.601. The minimum absolute atomic E-state index is 0.164. The molecule has 0 radical (unpaired) electrons. The fraction of sp³-hybridized carbons (Fsp3) is 0.333. The van der Waals surface area contributed by atoms with Crippen LogP contribution in [0.1, 0.15) is 62.5 Å². The second kappa shape index (κ2) is 8.97. The molecule has 0 aliphatic heterocycles. The summed E-state index contributed by atoms with van der Waals surface area (Å²) in [6.45, 7) is 4.23. The summed E-state index contributed by atoms with van der Waals surface area (Å²) in [6.07, 6.45) is 6.07. The second-order valence-corrected chi connectivity index (χ2v) is 10.4. The molecule has 0 atom stereocenters. The van der Waals surface area contributed by atoms with Gasteiger partial charge >= 0.3 is 0 Å². The normalized spacial score (nSPS) is 14.8. The van der Waals surface area contributed by atoms with E-state index in [1.807, 2.05) is 36.4 Å². The van der Waals surface area contributed by atoms with Crippen LogP contribution in [-0.2, 0) is 10.0 Å². The van der Waals surface area contributed by atoms with E-state index in [1.54, 1.807) is 12.1 Å². The van der Waals surface area contributed by atoms with Crippen LogP contribution in [0.15, 0.2) is 59.8 Å². The predicted octanol–water partition coefficient (Wildman–Crippen LogP) is 6.38. The number of hydrogen-bond acceptors (Lipinski definition) is 4. The van der Waals surface area contributed by atoms with Crippen LogP contribution in [0, 0.1) is 0 Å². The monoisotopic (exact) mass is 455 g/mol. The zero-order valence-corrected chi connectivity index (χ0v) is 19.2. The molecule has 0 spiro atoms. The Bertz CT molecular complexity index is 1150. The van der Waals surface area contributed by atoms with Crippen molar-refractivity contribution in [3.8, 4) is 11.1 Å². The summed E-state index contributed by atoms with van der Waals surface area (Å²) in [6, 6.07) is 15.0. The van der Waals surface area contributed by atoms with Gasteiger partial charge in [-0.2, -0.15) is 0 Å². The van der Waals surface area contributed by atoms with Crippen molar-refractivity contribution in [3.63, 3.8) is 0 Å². The Balaban J connectivity index is 1.63. The van der Waals surface area contributed by atoms with Crippen LogP contribution in [0.3, 0.4) is 0 Å². The fourth-order valence-corrected chi connectivity index (χ4v) is 5.36. The van der Waals surface area contributed by atoms with Crippen LogP contribution in [0.5, 0.6) is 0 Å². The van der Waals surface area contributed by atoms with E-state index in [1.165, 1.54) is 43.1 Å². The molecule has 0 unspecified atom stereocenters. The van der Waals surface area contributed by atoms with Gasteiger partial charge in [0.05, 0.1) is 10.5 Å². The van der Waals surface area contributed by atoms with E-state index in [9.17, 15) is 8.42 Å². The Morgan fingerprint density at radius 1 is 0.968 bits per heavy atom. The van der Waals surface area contributed by atoms with Gasteiger partial charge < -0.3 is 0 Å². The van der Waals surface area contributed by atoms with Crippen molar-refractivity contribution in [2.75, 3.05) is 4.72 Å². The first kappa shape index (κ1) is 21.8. The predicted molar refractivity (Wildman–Crippen MR) is 125 cm³/mol. The number of benzene rings is 2. The number of halogens is 1. The minimum atomic E-state index is -3.82. The molecule has 0 saturated heterocycles. The fourth-order valence-electron chi connectivity index (χ4n) is 4.10. The van der Waals surface area contributed by atoms with Crippen LogP contribution in [0.4, 0.5) is 5.82 Å². The molecule has 1 fully saturated rings. The molecule has 1 saturated carbocycles. The summed E-state index contributed by atoms with van der Waals surface area (Å²) in [5.41, 5.74) is 3.60. The van der Waals surface area contributed by atoms with Gasteiger partial charge in [0, 0.05) is 0 Å². The maximum atomic E-state index is 13.1.